The maximum Gasteiger partial charge on any atom is 0.241 e. The summed E-state index contributed by atoms with van der Waals surface area (Å²) in [5.41, 5.74) is 0.756. The molecule has 0 saturated carbocycles. The number of thiophene rings is 1. The third kappa shape index (κ3) is 3.53. The summed E-state index contributed by atoms with van der Waals surface area (Å²) < 4.78 is 54.2. The maximum absolute atomic E-state index is 13.4. The molecule has 0 amide bonds. The first kappa shape index (κ1) is 16.8. The Bertz CT molecular complexity index is 926. The highest BCUT2D eigenvalue weighted by Gasteiger charge is 2.24. The first-order chi connectivity index (χ1) is 11.5. The van der Waals surface area contributed by atoms with Gasteiger partial charge in [0.2, 0.25) is 10.0 Å². The standard InChI is InChI=1S/C17H13F2NO2S2/c18-14-9-8-13(11-15(14)19)24(21,22)20-17(16-7-4-10-23-16)12-5-2-1-3-6-12/h1-11,17,20H/t17-/m0/s1. The Labute approximate surface area is 142 Å². The molecule has 7 heteroatoms. The number of sulfonamides is 1. The fourth-order valence-electron chi connectivity index (χ4n) is 2.26. The molecule has 0 fully saturated rings. The van der Waals surface area contributed by atoms with E-state index in [2.05, 4.69) is 4.72 Å². The third-order valence-electron chi connectivity index (χ3n) is 3.43. The minimum Gasteiger partial charge on any atom is -0.207 e. The van der Waals surface area contributed by atoms with E-state index >= 15 is 0 Å². The third-order valence-corrected chi connectivity index (χ3v) is 5.79. The minimum absolute atomic E-state index is 0.320. The molecule has 0 saturated heterocycles. The van der Waals surface area contributed by atoms with Crippen molar-refractivity contribution in [2.24, 2.45) is 0 Å². The summed E-state index contributed by atoms with van der Waals surface area (Å²) in [5, 5.41) is 1.84. The van der Waals surface area contributed by atoms with Crippen molar-refractivity contribution in [3.63, 3.8) is 0 Å². The van der Waals surface area contributed by atoms with Crippen LogP contribution in [0.1, 0.15) is 16.5 Å². The van der Waals surface area contributed by atoms with E-state index in [1.54, 1.807) is 12.1 Å². The Hall–Kier alpha value is -2.09. The lowest BCUT2D eigenvalue weighted by atomic mass is 10.1. The molecule has 3 nitrogen and oxygen atoms in total. The Morgan fingerprint density at radius 3 is 2.29 bits per heavy atom. The van der Waals surface area contributed by atoms with Crippen LogP contribution in [0.5, 0.6) is 0 Å². The Morgan fingerprint density at radius 2 is 1.67 bits per heavy atom. The lowest BCUT2D eigenvalue weighted by Gasteiger charge is -2.18. The molecule has 3 rings (SSSR count). The Kier molecular flexibility index (Phi) is 4.75. The number of nitrogens with one attached hydrogen (secondary N) is 1. The van der Waals surface area contributed by atoms with E-state index in [1.807, 2.05) is 35.7 Å². The fourth-order valence-corrected chi connectivity index (χ4v) is 4.35. The van der Waals surface area contributed by atoms with Gasteiger partial charge in [0, 0.05) is 4.88 Å². The van der Waals surface area contributed by atoms with Crippen LogP contribution in [0.15, 0.2) is 70.9 Å². The number of halogens is 2. The van der Waals surface area contributed by atoms with Crippen molar-refractivity contribution in [1.29, 1.82) is 0 Å². The van der Waals surface area contributed by atoms with Crippen molar-refractivity contribution in [3.8, 4) is 0 Å². The van der Waals surface area contributed by atoms with Gasteiger partial charge in [-0.25, -0.2) is 17.2 Å². The zero-order valence-electron chi connectivity index (χ0n) is 12.3. The summed E-state index contributed by atoms with van der Waals surface area (Å²) in [5.74, 6) is -2.29. The molecule has 1 atom stereocenters. The van der Waals surface area contributed by atoms with Crippen LogP contribution < -0.4 is 4.72 Å². The summed E-state index contributed by atoms with van der Waals surface area (Å²) in [4.78, 5) is 0.478. The predicted molar refractivity (Wildman–Crippen MR) is 89.3 cm³/mol. The van der Waals surface area contributed by atoms with E-state index in [-0.39, 0.29) is 4.90 Å². The molecule has 1 heterocycles. The summed E-state index contributed by atoms with van der Waals surface area (Å²) in [7, 11) is -4.02. The molecule has 0 aliphatic rings. The van der Waals surface area contributed by atoms with Gasteiger partial charge in [0.15, 0.2) is 11.6 Å². The highest BCUT2D eigenvalue weighted by Crippen LogP contribution is 2.28. The van der Waals surface area contributed by atoms with Gasteiger partial charge in [-0.05, 0) is 35.2 Å². The summed E-state index contributed by atoms with van der Waals surface area (Å²) in [6, 6.07) is 14.6. The number of hydrogen-bond acceptors (Lipinski definition) is 3. The van der Waals surface area contributed by atoms with Gasteiger partial charge in [-0.2, -0.15) is 4.72 Å². The number of benzene rings is 2. The van der Waals surface area contributed by atoms with Gasteiger partial charge in [0.25, 0.3) is 0 Å². The molecule has 0 unspecified atom stereocenters. The van der Waals surface area contributed by atoms with E-state index in [9.17, 15) is 17.2 Å². The second-order valence-electron chi connectivity index (χ2n) is 5.06. The summed E-state index contributed by atoms with van der Waals surface area (Å²) in [6.07, 6.45) is 0. The van der Waals surface area contributed by atoms with Gasteiger partial charge < -0.3 is 0 Å². The van der Waals surface area contributed by atoms with Crippen molar-refractivity contribution >= 4 is 21.4 Å². The number of rotatable bonds is 5. The highest BCUT2D eigenvalue weighted by molar-refractivity contribution is 7.89. The SMILES string of the molecule is O=S(=O)(N[C@@H](c1ccccc1)c1cccs1)c1ccc(F)c(F)c1. The van der Waals surface area contributed by atoms with Gasteiger partial charge in [-0.1, -0.05) is 36.4 Å². The topological polar surface area (TPSA) is 46.2 Å². The van der Waals surface area contributed by atoms with Crippen molar-refractivity contribution in [3.05, 3.63) is 88.1 Å². The van der Waals surface area contributed by atoms with E-state index in [1.165, 1.54) is 11.3 Å². The van der Waals surface area contributed by atoms with Crippen molar-refractivity contribution < 1.29 is 17.2 Å². The van der Waals surface area contributed by atoms with Crippen LogP contribution in [0.3, 0.4) is 0 Å². The lowest BCUT2D eigenvalue weighted by Crippen LogP contribution is -2.29. The monoisotopic (exact) mass is 365 g/mol. The van der Waals surface area contributed by atoms with Crippen LogP contribution in [0.25, 0.3) is 0 Å². The van der Waals surface area contributed by atoms with E-state index in [0.29, 0.717) is 6.07 Å². The van der Waals surface area contributed by atoms with Crippen molar-refractivity contribution in [2.75, 3.05) is 0 Å². The van der Waals surface area contributed by atoms with Crippen LogP contribution in [0.2, 0.25) is 0 Å². The van der Waals surface area contributed by atoms with Gasteiger partial charge >= 0.3 is 0 Å². The molecule has 3 aromatic rings. The fraction of sp³-hybridized carbons (Fsp3) is 0.0588. The largest absolute Gasteiger partial charge is 0.241 e. The molecule has 0 bridgehead atoms. The molecule has 0 aliphatic carbocycles. The van der Waals surface area contributed by atoms with E-state index in [0.717, 1.165) is 22.6 Å². The molecule has 1 aromatic heterocycles. The minimum atomic E-state index is -4.02. The molecule has 124 valence electrons. The smallest absolute Gasteiger partial charge is 0.207 e. The maximum atomic E-state index is 13.4. The van der Waals surface area contributed by atoms with Crippen molar-refractivity contribution in [2.45, 2.75) is 10.9 Å². The average Bonchev–Trinajstić information content (AvgIpc) is 3.10. The first-order valence-electron chi connectivity index (χ1n) is 7.03. The van der Waals surface area contributed by atoms with Gasteiger partial charge in [0.05, 0.1) is 10.9 Å². The van der Waals surface area contributed by atoms with Crippen LogP contribution in [0, 0.1) is 11.6 Å². The van der Waals surface area contributed by atoms with Gasteiger partial charge in [-0.15, -0.1) is 11.3 Å². The predicted octanol–water partition coefficient (Wildman–Crippen LogP) is 4.09. The highest BCUT2D eigenvalue weighted by atomic mass is 32.2. The molecular weight excluding hydrogens is 352 g/mol. The number of hydrogen-bond donors (Lipinski definition) is 1. The van der Waals surface area contributed by atoms with E-state index < -0.39 is 27.7 Å². The summed E-state index contributed by atoms with van der Waals surface area (Å²) >= 11 is 1.41. The van der Waals surface area contributed by atoms with Crippen LogP contribution in [0.4, 0.5) is 8.78 Å². The molecule has 1 N–H and O–H groups in total. The molecule has 2 aromatic carbocycles. The van der Waals surface area contributed by atoms with Crippen molar-refractivity contribution in [1.82, 2.24) is 4.72 Å². The zero-order valence-corrected chi connectivity index (χ0v) is 14.0. The van der Waals surface area contributed by atoms with Gasteiger partial charge in [-0.3, -0.25) is 0 Å². The quantitative estimate of drug-likeness (QED) is 0.740. The van der Waals surface area contributed by atoms with Crippen LogP contribution in [-0.2, 0) is 10.0 Å². The molecule has 0 aliphatic heterocycles. The lowest BCUT2D eigenvalue weighted by molar-refractivity contribution is 0.504. The summed E-state index contributed by atoms with van der Waals surface area (Å²) in [6.45, 7) is 0. The second-order valence-corrected chi connectivity index (χ2v) is 7.75. The van der Waals surface area contributed by atoms with E-state index in [4.69, 9.17) is 0 Å². The van der Waals surface area contributed by atoms with Crippen LogP contribution in [-0.4, -0.2) is 8.42 Å². The van der Waals surface area contributed by atoms with Gasteiger partial charge in [0.1, 0.15) is 0 Å². The molecule has 24 heavy (non-hydrogen) atoms. The second kappa shape index (κ2) is 6.80. The normalized spacial score (nSPS) is 12.9. The molecule has 0 spiro atoms. The Balaban J connectivity index is 1.99. The average molecular weight is 365 g/mol. The first-order valence-corrected chi connectivity index (χ1v) is 9.39. The Morgan fingerprint density at radius 1 is 0.917 bits per heavy atom. The molecular formula is C17H13F2NO2S2. The zero-order chi connectivity index (χ0) is 17.2. The van der Waals surface area contributed by atoms with Crippen LogP contribution >= 0.6 is 11.3 Å². The molecule has 0 radical (unpaired) electrons.